The zero-order chi connectivity index (χ0) is 20.7. The maximum atomic E-state index is 13.5. The smallest absolute Gasteiger partial charge is 0.131 e. The second-order valence-electron chi connectivity index (χ2n) is 8.35. The van der Waals surface area contributed by atoms with Gasteiger partial charge in [-0.15, -0.1) is 0 Å². The summed E-state index contributed by atoms with van der Waals surface area (Å²) in [6.45, 7) is 6.89. The second kappa shape index (κ2) is 7.65. The van der Waals surface area contributed by atoms with Gasteiger partial charge in [0, 0.05) is 60.3 Å². The van der Waals surface area contributed by atoms with E-state index in [0.717, 1.165) is 48.7 Å². The highest BCUT2D eigenvalue weighted by Gasteiger charge is 2.22. The predicted molar refractivity (Wildman–Crippen MR) is 118 cm³/mol. The number of fused-ring (bicyclic) bond motifs is 2. The molecule has 0 radical (unpaired) electrons. The Kier molecular flexibility index (Phi) is 4.83. The number of hydrogen-bond acceptors (Lipinski definition) is 3. The maximum absolute atomic E-state index is 13.5. The van der Waals surface area contributed by atoms with Crippen LogP contribution in [0.5, 0.6) is 0 Å². The highest BCUT2D eigenvalue weighted by Crippen LogP contribution is 2.32. The van der Waals surface area contributed by atoms with E-state index < -0.39 is 0 Å². The Morgan fingerprint density at radius 3 is 2.70 bits per heavy atom. The van der Waals surface area contributed by atoms with Crippen LogP contribution in [0.25, 0.3) is 22.2 Å². The SMILES string of the molecule is CC(C)c1ncc2c(n1)CCN(Cc1c(-c3ccc(F)cc3)[nH]c3ccccc13)C2. The standard InChI is InChI=1S/C25H25FN4/c1-16(2)25-27-13-18-14-30(12-11-22(18)29-25)15-21-20-5-3-4-6-23(20)28-24(21)17-7-9-19(26)10-8-17/h3-10,13,16,28H,11-12,14-15H2,1-2H3. The molecule has 2 aromatic heterocycles. The number of benzene rings is 2. The van der Waals surface area contributed by atoms with Gasteiger partial charge in [0.15, 0.2) is 0 Å². The van der Waals surface area contributed by atoms with E-state index in [0.29, 0.717) is 5.92 Å². The summed E-state index contributed by atoms with van der Waals surface area (Å²) in [5.74, 6) is 1.06. The first-order valence-corrected chi connectivity index (χ1v) is 10.5. The summed E-state index contributed by atoms with van der Waals surface area (Å²) >= 11 is 0. The number of para-hydroxylation sites is 1. The van der Waals surface area contributed by atoms with Crippen molar-refractivity contribution in [2.75, 3.05) is 6.54 Å². The molecule has 4 nitrogen and oxygen atoms in total. The van der Waals surface area contributed by atoms with Crippen LogP contribution in [0.4, 0.5) is 4.39 Å². The largest absolute Gasteiger partial charge is 0.354 e. The molecule has 0 unspecified atom stereocenters. The van der Waals surface area contributed by atoms with Crippen molar-refractivity contribution >= 4 is 10.9 Å². The van der Waals surface area contributed by atoms with Gasteiger partial charge in [0.05, 0.1) is 5.69 Å². The number of H-pyrrole nitrogens is 1. The Bertz CT molecular complexity index is 1190. The number of nitrogens with one attached hydrogen (secondary N) is 1. The van der Waals surface area contributed by atoms with E-state index in [2.05, 4.69) is 46.9 Å². The minimum Gasteiger partial charge on any atom is -0.354 e. The van der Waals surface area contributed by atoms with Gasteiger partial charge < -0.3 is 4.98 Å². The van der Waals surface area contributed by atoms with Crippen LogP contribution in [-0.2, 0) is 19.5 Å². The normalized spacial score (nSPS) is 14.4. The molecular formula is C25H25FN4. The van der Waals surface area contributed by atoms with Gasteiger partial charge in [0.2, 0.25) is 0 Å². The van der Waals surface area contributed by atoms with E-state index in [9.17, 15) is 4.39 Å². The Morgan fingerprint density at radius 2 is 1.90 bits per heavy atom. The van der Waals surface area contributed by atoms with Crippen LogP contribution >= 0.6 is 0 Å². The van der Waals surface area contributed by atoms with Crippen LogP contribution < -0.4 is 0 Å². The van der Waals surface area contributed by atoms with Gasteiger partial charge in [-0.3, -0.25) is 4.90 Å². The molecule has 0 atom stereocenters. The summed E-state index contributed by atoms with van der Waals surface area (Å²) in [6, 6.07) is 15.1. The first kappa shape index (κ1) is 18.9. The van der Waals surface area contributed by atoms with Crippen molar-refractivity contribution in [3.8, 4) is 11.3 Å². The van der Waals surface area contributed by atoms with E-state index in [4.69, 9.17) is 4.98 Å². The Morgan fingerprint density at radius 1 is 1.10 bits per heavy atom. The fourth-order valence-electron chi connectivity index (χ4n) is 4.25. The fraction of sp³-hybridized carbons (Fsp3) is 0.280. The molecule has 5 rings (SSSR count). The summed E-state index contributed by atoms with van der Waals surface area (Å²) in [5, 5.41) is 1.22. The molecule has 0 bridgehead atoms. The zero-order valence-corrected chi connectivity index (χ0v) is 17.3. The summed E-state index contributed by atoms with van der Waals surface area (Å²) in [7, 11) is 0. The third-order valence-corrected chi connectivity index (χ3v) is 5.88. The fourth-order valence-corrected chi connectivity index (χ4v) is 4.25. The minimum absolute atomic E-state index is 0.218. The summed E-state index contributed by atoms with van der Waals surface area (Å²) < 4.78 is 13.5. The topological polar surface area (TPSA) is 44.8 Å². The molecule has 0 amide bonds. The van der Waals surface area contributed by atoms with Gasteiger partial charge in [-0.2, -0.15) is 0 Å². The molecule has 0 saturated carbocycles. The van der Waals surface area contributed by atoms with Crippen molar-refractivity contribution < 1.29 is 4.39 Å². The van der Waals surface area contributed by atoms with Gasteiger partial charge >= 0.3 is 0 Å². The molecule has 5 heteroatoms. The molecule has 30 heavy (non-hydrogen) atoms. The van der Waals surface area contributed by atoms with Crippen LogP contribution in [0.2, 0.25) is 0 Å². The second-order valence-corrected chi connectivity index (χ2v) is 8.35. The molecule has 0 aliphatic carbocycles. The van der Waals surface area contributed by atoms with E-state index in [1.54, 1.807) is 0 Å². The maximum Gasteiger partial charge on any atom is 0.131 e. The van der Waals surface area contributed by atoms with Gasteiger partial charge in [-0.1, -0.05) is 32.0 Å². The van der Waals surface area contributed by atoms with Crippen LogP contribution in [0, 0.1) is 5.82 Å². The highest BCUT2D eigenvalue weighted by atomic mass is 19.1. The predicted octanol–water partition coefficient (Wildman–Crippen LogP) is 5.45. The van der Waals surface area contributed by atoms with E-state index in [-0.39, 0.29) is 5.82 Å². The highest BCUT2D eigenvalue weighted by molar-refractivity contribution is 5.90. The third kappa shape index (κ3) is 3.50. The van der Waals surface area contributed by atoms with Gasteiger partial charge in [0.25, 0.3) is 0 Å². The average Bonchev–Trinajstić information content (AvgIpc) is 3.12. The van der Waals surface area contributed by atoms with Crippen LogP contribution in [0.15, 0.2) is 54.7 Å². The Balaban J connectivity index is 1.48. The average molecular weight is 401 g/mol. The lowest BCUT2D eigenvalue weighted by molar-refractivity contribution is 0.243. The van der Waals surface area contributed by atoms with Crippen molar-refractivity contribution in [1.82, 2.24) is 19.9 Å². The monoisotopic (exact) mass is 400 g/mol. The number of aromatic amines is 1. The molecule has 152 valence electrons. The number of halogens is 1. The Labute approximate surface area is 175 Å². The molecular weight excluding hydrogens is 375 g/mol. The van der Waals surface area contributed by atoms with Crippen molar-refractivity contribution in [3.05, 3.63) is 83.2 Å². The van der Waals surface area contributed by atoms with Crippen molar-refractivity contribution in [2.24, 2.45) is 0 Å². The molecule has 0 spiro atoms. The van der Waals surface area contributed by atoms with E-state index >= 15 is 0 Å². The summed E-state index contributed by atoms with van der Waals surface area (Å²) in [5.41, 5.74) is 6.82. The van der Waals surface area contributed by atoms with Crippen molar-refractivity contribution in [1.29, 1.82) is 0 Å². The van der Waals surface area contributed by atoms with E-state index in [1.807, 2.05) is 24.4 Å². The molecule has 1 aliphatic rings. The number of rotatable bonds is 4. The van der Waals surface area contributed by atoms with Crippen LogP contribution in [0.3, 0.4) is 0 Å². The van der Waals surface area contributed by atoms with Gasteiger partial charge in [-0.05, 0) is 41.5 Å². The summed E-state index contributed by atoms with van der Waals surface area (Å²) in [6.07, 6.45) is 2.94. The molecule has 0 saturated heterocycles. The van der Waals surface area contributed by atoms with Crippen molar-refractivity contribution in [2.45, 2.75) is 39.3 Å². The quantitative estimate of drug-likeness (QED) is 0.496. The lowest BCUT2D eigenvalue weighted by Gasteiger charge is -2.28. The zero-order valence-electron chi connectivity index (χ0n) is 17.3. The number of nitrogens with zero attached hydrogens (tertiary/aromatic N) is 3. The molecule has 2 aromatic carbocycles. The molecule has 1 N–H and O–H groups in total. The third-order valence-electron chi connectivity index (χ3n) is 5.88. The minimum atomic E-state index is -0.218. The molecule has 0 fully saturated rings. The summed E-state index contributed by atoms with van der Waals surface area (Å²) in [4.78, 5) is 15.4. The molecule has 3 heterocycles. The van der Waals surface area contributed by atoms with Crippen molar-refractivity contribution in [3.63, 3.8) is 0 Å². The van der Waals surface area contributed by atoms with E-state index in [1.165, 1.54) is 34.3 Å². The van der Waals surface area contributed by atoms with Crippen LogP contribution in [0.1, 0.15) is 42.4 Å². The number of aromatic nitrogens is 3. The molecule has 4 aromatic rings. The van der Waals surface area contributed by atoms with Gasteiger partial charge in [0.1, 0.15) is 11.6 Å². The first-order chi connectivity index (χ1) is 14.6. The lowest BCUT2D eigenvalue weighted by Crippen LogP contribution is -2.31. The lowest BCUT2D eigenvalue weighted by atomic mass is 10.0. The Hall–Kier alpha value is -3.05. The molecule has 1 aliphatic heterocycles. The van der Waals surface area contributed by atoms with Crippen LogP contribution in [-0.4, -0.2) is 26.4 Å². The van der Waals surface area contributed by atoms with Gasteiger partial charge in [-0.25, -0.2) is 14.4 Å². The first-order valence-electron chi connectivity index (χ1n) is 10.5. The number of hydrogen-bond donors (Lipinski definition) is 1.